The summed E-state index contributed by atoms with van der Waals surface area (Å²) in [5.74, 6) is 0.0728. The Morgan fingerprint density at radius 3 is 3.06 bits per heavy atom. The number of amides is 1. The predicted octanol–water partition coefficient (Wildman–Crippen LogP) is 2.15. The topological polar surface area (TPSA) is 54.9 Å². The normalized spacial score (nSPS) is 16.7. The summed E-state index contributed by atoms with van der Waals surface area (Å²) in [5, 5.41) is 3.01. The lowest BCUT2D eigenvalue weighted by Gasteiger charge is -2.10. The van der Waals surface area contributed by atoms with Crippen molar-refractivity contribution in [2.75, 3.05) is 6.54 Å². The number of hydrogen-bond acceptors (Lipinski definition) is 4. The smallest absolute Gasteiger partial charge is 0.224 e. The highest BCUT2D eigenvalue weighted by Gasteiger charge is 2.37. The van der Waals surface area contributed by atoms with Gasteiger partial charge < -0.3 is 5.32 Å². The number of rotatable bonds is 4. The fraction of sp³-hybridized carbons (Fsp3) is 0.462. The molecule has 3 rings (SSSR count). The molecule has 1 amide bonds. The number of nitrogens with zero attached hydrogens (tertiary/aromatic N) is 2. The first-order valence-corrected chi connectivity index (χ1v) is 6.86. The van der Waals surface area contributed by atoms with Gasteiger partial charge in [-0.25, -0.2) is 0 Å². The van der Waals surface area contributed by atoms with E-state index in [1.54, 1.807) is 0 Å². The average Bonchev–Trinajstić information content (AvgIpc) is 2.91. The third kappa shape index (κ3) is 2.36. The van der Waals surface area contributed by atoms with Crippen LogP contribution in [0, 0.1) is 5.41 Å². The first kappa shape index (κ1) is 11.6. The summed E-state index contributed by atoms with van der Waals surface area (Å²) in [7, 11) is 0. The Kier molecular flexibility index (Phi) is 2.78. The van der Waals surface area contributed by atoms with Crippen LogP contribution in [-0.4, -0.2) is 21.2 Å². The van der Waals surface area contributed by atoms with Crippen molar-refractivity contribution in [2.24, 2.45) is 5.41 Å². The molecule has 5 heteroatoms. The van der Waals surface area contributed by atoms with Gasteiger partial charge in [0.25, 0.3) is 0 Å². The van der Waals surface area contributed by atoms with Gasteiger partial charge >= 0.3 is 0 Å². The molecule has 18 heavy (non-hydrogen) atoms. The summed E-state index contributed by atoms with van der Waals surface area (Å²) >= 11 is 1.19. The summed E-state index contributed by atoms with van der Waals surface area (Å²) < 4.78 is 8.42. The molecular weight excluding hydrogens is 246 g/mol. The third-order valence-corrected chi connectivity index (χ3v) is 4.08. The van der Waals surface area contributed by atoms with Gasteiger partial charge in [-0.05, 0) is 29.9 Å². The van der Waals surface area contributed by atoms with E-state index in [2.05, 4.69) is 21.0 Å². The van der Waals surface area contributed by atoms with Gasteiger partial charge in [0.15, 0.2) is 0 Å². The quantitative estimate of drug-likeness (QED) is 0.917. The Labute approximate surface area is 110 Å². The summed E-state index contributed by atoms with van der Waals surface area (Å²) in [6.45, 7) is 3.00. The van der Waals surface area contributed by atoms with E-state index in [0.717, 1.165) is 23.1 Å². The minimum atomic E-state index is 0.0728. The van der Waals surface area contributed by atoms with E-state index in [0.29, 0.717) is 11.8 Å². The van der Waals surface area contributed by atoms with Crippen LogP contribution < -0.4 is 5.32 Å². The third-order valence-electron chi connectivity index (χ3n) is 3.54. The number of carbonyl (C=O) groups excluding carboxylic acids is 1. The molecule has 1 aromatic heterocycles. The molecule has 1 aliphatic rings. The Balaban J connectivity index is 1.68. The molecular formula is C13H15N3OS. The highest BCUT2D eigenvalue weighted by atomic mass is 32.1. The van der Waals surface area contributed by atoms with E-state index in [1.807, 2.05) is 18.2 Å². The first-order valence-electron chi connectivity index (χ1n) is 6.13. The van der Waals surface area contributed by atoms with Gasteiger partial charge in [-0.15, -0.1) is 0 Å². The Hall–Kier alpha value is -1.49. The highest BCUT2D eigenvalue weighted by molar-refractivity contribution is 7.00. The van der Waals surface area contributed by atoms with Crippen LogP contribution in [0.15, 0.2) is 18.2 Å². The van der Waals surface area contributed by atoms with Crippen LogP contribution in [0.1, 0.15) is 25.3 Å². The van der Waals surface area contributed by atoms with E-state index >= 15 is 0 Å². The van der Waals surface area contributed by atoms with Crippen molar-refractivity contribution in [3.8, 4) is 0 Å². The Bertz CT molecular complexity index is 589. The molecule has 0 spiro atoms. The number of benzene rings is 1. The number of carbonyl (C=O) groups is 1. The molecule has 4 nitrogen and oxygen atoms in total. The fourth-order valence-corrected chi connectivity index (χ4v) is 2.51. The maximum atomic E-state index is 11.9. The molecule has 1 fully saturated rings. The van der Waals surface area contributed by atoms with Crippen molar-refractivity contribution in [3.05, 3.63) is 23.8 Å². The molecule has 1 N–H and O–H groups in total. The molecule has 0 atom stereocenters. The zero-order valence-electron chi connectivity index (χ0n) is 10.3. The molecule has 0 bridgehead atoms. The highest BCUT2D eigenvalue weighted by Crippen LogP contribution is 2.44. The maximum Gasteiger partial charge on any atom is 0.224 e. The van der Waals surface area contributed by atoms with Crippen LogP contribution in [0.5, 0.6) is 0 Å². The molecule has 2 aromatic rings. The van der Waals surface area contributed by atoms with Crippen molar-refractivity contribution in [1.82, 2.24) is 14.1 Å². The van der Waals surface area contributed by atoms with Crippen molar-refractivity contribution < 1.29 is 4.79 Å². The second-order valence-corrected chi connectivity index (χ2v) is 5.84. The molecule has 1 saturated carbocycles. The van der Waals surface area contributed by atoms with Gasteiger partial charge in [-0.3, -0.25) is 4.79 Å². The van der Waals surface area contributed by atoms with Gasteiger partial charge in [0.2, 0.25) is 5.91 Å². The standard InChI is InChI=1S/C13H15N3OS/c1-13(5-6-13)8-14-11(17)7-9-3-2-4-10-12(9)16-18-15-10/h2-4H,5-8H2,1H3,(H,14,17). The molecule has 0 aliphatic heterocycles. The molecule has 1 heterocycles. The largest absolute Gasteiger partial charge is 0.355 e. The van der Waals surface area contributed by atoms with E-state index < -0.39 is 0 Å². The lowest BCUT2D eigenvalue weighted by molar-refractivity contribution is -0.120. The number of fused-ring (bicyclic) bond motifs is 1. The van der Waals surface area contributed by atoms with Crippen LogP contribution in [0.4, 0.5) is 0 Å². The molecule has 1 aliphatic carbocycles. The minimum Gasteiger partial charge on any atom is -0.355 e. The minimum absolute atomic E-state index is 0.0728. The van der Waals surface area contributed by atoms with Crippen molar-refractivity contribution >= 4 is 28.7 Å². The summed E-state index contributed by atoms with van der Waals surface area (Å²) in [5.41, 5.74) is 3.04. The summed E-state index contributed by atoms with van der Waals surface area (Å²) in [6.07, 6.45) is 2.83. The van der Waals surface area contributed by atoms with E-state index in [4.69, 9.17) is 0 Å². The van der Waals surface area contributed by atoms with Gasteiger partial charge in [-0.2, -0.15) is 8.75 Å². The van der Waals surface area contributed by atoms with E-state index in [-0.39, 0.29) is 5.91 Å². The van der Waals surface area contributed by atoms with Crippen LogP contribution in [0.3, 0.4) is 0 Å². The number of aromatic nitrogens is 2. The fourth-order valence-electron chi connectivity index (χ4n) is 1.94. The van der Waals surface area contributed by atoms with Crippen molar-refractivity contribution in [3.63, 3.8) is 0 Å². The maximum absolute atomic E-state index is 11.9. The van der Waals surface area contributed by atoms with E-state index in [1.165, 1.54) is 24.6 Å². The second-order valence-electron chi connectivity index (χ2n) is 5.31. The molecule has 0 radical (unpaired) electrons. The van der Waals surface area contributed by atoms with Gasteiger partial charge in [0.1, 0.15) is 11.0 Å². The summed E-state index contributed by atoms with van der Waals surface area (Å²) in [4.78, 5) is 11.9. The molecule has 0 unspecified atom stereocenters. The SMILES string of the molecule is CC1(CNC(=O)Cc2cccc3nsnc23)CC1. The Morgan fingerprint density at radius 2 is 2.28 bits per heavy atom. The number of nitrogens with one attached hydrogen (secondary N) is 1. The summed E-state index contributed by atoms with van der Waals surface area (Å²) in [6, 6.07) is 5.79. The monoisotopic (exact) mass is 261 g/mol. The number of hydrogen-bond donors (Lipinski definition) is 1. The Morgan fingerprint density at radius 1 is 1.44 bits per heavy atom. The second kappa shape index (κ2) is 4.31. The van der Waals surface area contributed by atoms with Crippen molar-refractivity contribution in [1.29, 1.82) is 0 Å². The average molecular weight is 261 g/mol. The lowest BCUT2D eigenvalue weighted by Crippen LogP contribution is -2.30. The zero-order valence-corrected chi connectivity index (χ0v) is 11.1. The van der Waals surface area contributed by atoms with E-state index in [9.17, 15) is 4.79 Å². The van der Waals surface area contributed by atoms with Gasteiger partial charge in [0, 0.05) is 6.54 Å². The predicted molar refractivity (Wildman–Crippen MR) is 71.5 cm³/mol. The molecule has 0 saturated heterocycles. The molecule has 94 valence electrons. The van der Waals surface area contributed by atoms with Gasteiger partial charge in [0.05, 0.1) is 18.1 Å². The van der Waals surface area contributed by atoms with Crippen molar-refractivity contribution in [2.45, 2.75) is 26.2 Å². The molecule has 1 aromatic carbocycles. The van der Waals surface area contributed by atoms with Crippen LogP contribution in [0.2, 0.25) is 0 Å². The van der Waals surface area contributed by atoms with Gasteiger partial charge in [-0.1, -0.05) is 19.1 Å². The van der Waals surface area contributed by atoms with Crippen LogP contribution in [-0.2, 0) is 11.2 Å². The first-order chi connectivity index (χ1) is 8.66. The van der Waals surface area contributed by atoms with Crippen LogP contribution in [0.25, 0.3) is 11.0 Å². The lowest BCUT2D eigenvalue weighted by atomic mass is 10.1. The zero-order chi connectivity index (χ0) is 12.6. The van der Waals surface area contributed by atoms with Crippen LogP contribution >= 0.6 is 11.7 Å².